The van der Waals surface area contributed by atoms with Gasteiger partial charge in [0.15, 0.2) is 11.6 Å². The smallest absolute Gasteiger partial charge is 0.165 e. The third-order valence-electron chi connectivity index (χ3n) is 3.37. The number of aromatic nitrogens is 1. The van der Waals surface area contributed by atoms with E-state index in [-0.39, 0.29) is 17.6 Å². The van der Waals surface area contributed by atoms with E-state index in [2.05, 4.69) is 10.3 Å². The molecule has 1 atom stereocenters. The first-order chi connectivity index (χ1) is 9.61. The highest BCUT2D eigenvalue weighted by atomic mass is 19.1. The van der Waals surface area contributed by atoms with Crippen LogP contribution in [0.3, 0.4) is 0 Å². The highest BCUT2D eigenvalue weighted by molar-refractivity contribution is 5.32. The fraction of sp³-hybridized carbons (Fsp3) is 0.312. The van der Waals surface area contributed by atoms with E-state index in [9.17, 15) is 4.39 Å². The van der Waals surface area contributed by atoms with Gasteiger partial charge in [0.2, 0.25) is 0 Å². The van der Waals surface area contributed by atoms with Gasteiger partial charge in [0.05, 0.1) is 12.8 Å². The fourth-order valence-corrected chi connectivity index (χ4v) is 2.02. The molecular formula is C16H19FN2O. The molecule has 2 rings (SSSR count). The molecule has 0 aliphatic heterocycles. The summed E-state index contributed by atoms with van der Waals surface area (Å²) in [5, 5.41) is 3.39. The molecule has 0 bridgehead atoms. The van der Waals surface area contributed by atoms with E-state index >= 15 is 0 Å². The molecule has 1 aromatic carbocycles. The molecule has 1 aromatic heterocycles. The highest BCUT2D eigenvalue weighted by Crippen LogP contribution is 2.22. The second-order valence-corrected chi connectivity index (χ2v) is 4.76. The largest absolute Gasteiger partial charge is 0.494 e. The van der Waals surface area contributed by atoms with Crippen molar-refractivity contribution in [3.05, 3.63) is 59.2 Å². The van der Waals surface area contributed by atoms with E-state index < -0.39 is 0 Å². The summed E-state index contributed by atoms with van der Waals surface area (Å²) < 4.78 is 18.4. The number of methoxy groups -OCH3 is 1. The van der Waals surface area contributed by atoms with Crippen LogP contribution in [0.1, 0.15) is 29.8 Å². The molecule has 0 fully saturated rings. The van der Waals surface area contributed by atoms with Gasteiger partial charge in [-0.25, -0.2) is 4.39 Å². The normalized spacial score (nSPS) is 12.2. The number of aryl methyl sites for hydroxylation is 1. The lowest BCUT2D eigenvalue weighted by atomic mass is 10.1. The van der Waals surface area contributed by atoms with E-state index in [1.807, 2.05) is 26.0 Å². The van der Waals surface area contributed by atoms with Crippen molar-refractivity contribution in [2.45, 2.75) is 26.4 Å². The van der Waals surface area contributed by atoms with Crippen molar-refractivity contribution in [3.63, 3.8) is 0 Å². The van der Waals surface area contributed by atoms with E-state index in [4.69, 9.17) is 4.74 Å². The number of pyridine rings is 1. The number of rotatable bonds is 5. The molecule has 0 spiro atoms. The van der Waals surface area contributed by atoms with Gasteiger partial charge >= 0.3 is 0 Å². The van der Waals surface area contributed by atoms with Gasteiger partial charge in [-0.05, 0) is 43.2 Å². The SMILES string of the molecule is COc1cc(C(C)NCc2ncccc2C)ccc1F. The van der Waals surface area contributed by atoms with E-state index in [1.54, 1.807) is 18.3 Å². The summed E-state index contributed by atoms with van der Waals surface area (Å²) in [6.45, 7) is 4.74. The van der Waals surface area contributed by atoms with Crippen LogP contribution >= 0.6 is 0 Å². The van der Waals surface area contributed by atoms with Crippen molar-refractivity contribution in [2.24, 2.45) is 0 Å². The minimum absolute atomic E-state index is 0.0888. The van der Waals surface area contributed by atoms with Crippen LogP contribution < -0.4 is 10.1 Å². The van der Waals surface area contributed by atoms with Crippen LogP contribution in [0.2, 0.25) is 0 Å². The molecule has 0 saturated carbocycles. The topological polar surface area (TPSA) is 34.1 Å². The Labute approximate surface area is 118 Å². The van der Waals surface area contributed by atoms with Crippen LogP contribution in [0, 0.1) is 12.7 Å². The lowest BCUT2D eigenvalue weighted by Crippen LogP contribution is -2.19. The van der Waals surface area contributed by atoms with Gasteiger partial charge < -0.3 is 10.1 Å². The van der Waals surface area contributed by atoms with Crippen molar-refractivity contribution in [1.29, 1.82) is 0 Å². The summed E-state index contributed by atoms with van der Waals surface area (Å²) in [6.07, 6.45) is 1.79. The molecule has 0 aliphatic carbocycles. The summed E-state index contributed by atoms with van der Waals surface area (Å²) >= 11 is 0. The summed E-state index contributed by atoms with van der Waals surface area (Å²) in [7, 11) is 1.47. The van der Waals surface area contributed by atoms with Crippen molar-refractivity contribution in [2.75, 3.05) is 7.11 Å². The average Bonchev–Trinajstić information content (AvgIpc) is 2.46. The molecule has 0 radical (unpaired) electrons. The zero-order chi connectivity index (χ0) is 14.5. The van der Waals surface area contributed by atoms with Gasteiger partial charge in [0.1, 0.15) is 0 Å². The fourth-order valence-electron chi connectivity index (χ4n) is 2.02. The van der Waals surface area contributed by atoms with Crippen molar-refractivity contribution in [3.8, 4) is 5.75 Å². The maximum Gasteiger partial charge on any atom is 0.165 e. The molecule has 20 heavy (non-hydrogen) atoms. The lowest BCUT2D eigenvalue weighted by Gasteiger charge is -2.16. The van der Waals surface area contributed by atoms with E-state index in [0.29, 0.717) is 6.54 Å². The zero-order valence-electron chi connectivity index (χ0n) is 12.0. The standard InChI is InChI=1S/C16H19FN2O/c1-11-5-4-8-18-15(11)10-19-12(2)13-6-7-14(17)16(9-13)20-3/h4-9,12,19H,10H2,1-3H3. The molecule has 0 aliphatic rings. The number of hydrogen-bond donors (Lipinski definition) is 1. The van der Waals surface area contributed by atoms with Crippen molar-refractivity contribution >= 4 is 0 Å². The Morgan fingerprint density at radius 3 is 2.85 bits per heavy atom. The summed E-state index contributed by atoms with van der Waals surface area (Å²) in [5.74, 6) is -0.0748. The predicted octanol–water partition coefficient (Wildman–Crippen LogP) is 3.39. The van der Waals surface area contributed by atoms with Crippen LogP contribution in [0.5, 0.6) is 5.75 Å². The summed E-state index contributed by atoms with van der Waals surface area (Å²) in [5.41, 5.74) is 3.16. The second-order valence-electron chi connectivity index (χ2n) is 4.76. The minimum Gasteiger partial charge on any atom is -0.494 e. The van der Waals surface area contributed by atoms with Crippen LogP contribution in [-0.4, -0.2) is 12.1 Å². The minimum atomic E-state index is -0.343. The van der Waals surface area contributed by atoms with Gasteiger partial charge in [0.25, 0.3) is 0 Å². The number of halogens is 1. The molecule has 0 amide bonds. The summed E-state index contributed by atoms with van der Waals surface area (Å²) in [4.78, 5) is 4.34. The van der Waals surface area contributed by atoms with Gasteiger partial charge in [-0.15, -0.1) is 0 Å². The van der Waals surface area contributed by atoms with Gasteiger partial charge in [-0.3, -0.25) is 4.98 Å². The van der Waals surface area contributed by atoms with E-state index in [1.165, 1.54) is 13.2 Å². The Balaban J connectivity index is 2.05. The molecule has 106 valence electrons. The molecular weight excluding hydrogens is 255 g/mol. The van der Waals surface area contributed by atoms with Crippen molar-refractivity contribution < 1.29 is 9.13 Å². The third kappa shape index (κ3) is 3.33. The molecule has 4 heteroatoms. The van der Waals surface area contributed by atoms with Crippen LogP contribution in [0.15, 0.2) is 36.5 Å². The Bertz CT molecular complexity index is 586. The van der Waals surface area contributed by atoms with Gasteiger partial charge in [-0.1, -0.05) is 12.1 Å². The number of ether oxygens (including phenoxy) is 1. The Hall–Kier alpha value is -1.94. The highest BCUT2D eigenvalue weighted by Gasteiger charge is 2.10. The Morgan fingerprint density at radius 2 is 2.15 bits per heavy atom. The first-order valence-corrected chi connectivity index (χ1v) is 6.59. The monoisotopic (exact) mass is 274 g/mol. The van der Waals surface area contributed by atoms with Crippen molar-refractivity contribution in [1.82, 2.24) is 10.3 Å². The maximum absolute atomic E-state index is 13.4. The second kappa shape index (κ2) is 6.48. The zero-order valence-corrected chi connectivity index (χ0v) is 12.0. The van der Waals surface area contributed by atoms with Gasteiger partial charge in [-0.2, -0.15) is 0 Å². The van der Waals surface area contributed by atoms with E-state index in [0.717, 1.165) is 16.8 Å². The third-order valence-corrected chi connectivity index (χ3v) is 3.37. The predicted molar refractivity (Wildman–Crippen MR) is 77.2 cm³/mol. The summed E-state index contributed by atoms with van der Waals surface area (Å²) in [6, 6.07) is 8.96. The first-order valence-electron chi connectivity index (χ1n) is 6.59. The molecule has 3 nitrogen and oxygen atoms in total. The van der Waals surface area contributed by atoms with Crippen LogP contribution in [-0.2, 0) is 6.54 Å². The Morgan fingerprint density at radius 1 is 1.35 bits per heavy atom. The van der Waals surface area contributed by atoms with Gasteiger partial charge in [0, 0.05) is 18.8 Å². The number of nitrogens with one attached hydrogen (secondary N) is 1. The number of benzene rings is 1. The molecule has 1 N–H and O–H groups in total. The maximum atomic E-state index is 13.4. The molecule has 0 saturated heterocycles. The Kier molecular flexibility index (Phi) is 4.69. The average molecular weight is 274 g/mol. The van der Waals surface area contributed by atoms with Crippen LogP contribution in [0.25, 0.3) is 0 Å². The molecule has 1 unspecified atom stereocenters. The first kappa shape index (κ1) is 14.5. The molecule has 1 heterocycles. The number of nitrogens with zero attached hydrogens (tertiary/aromatic N) is 1. The quantitative estimate of drug-likeness (QED) is 0.907. The number of hydrogen-bond acceptors (Lipinski definition) is 3. The molecule has 2 aromatic rings. The van der Waals surface area contributed by atoms with Crippen LogP contribution in [0.4, 0.5) is 4.39 Å². The lowest BCUT2D eigenvalue weighted by molar-refractivity contribution is 0.385.